The maximum absolute atomic E-state index is 11.6. The van der Waals surface area contributed by atoms with Gasteiger partial charge in [-0.05, 0) is 61.6 Å². The largest absolute Gasteiger partial charge is 0.366 e. The fourth-order valence-electron chi connectivity index (χ4n) is 4.94. The van der Waals surface area contributed by atoms with E-state index in [0.717, 1.165) is 48.6 Å². The number of nitrogens with zero attached hydrogens (tertiary/aromatic N) is 4. The summed E-state index contributed by atoms with van der Waals surface area (Å²) < 4.78 is 1.55. The lowest BCUT2D eigenvalue weighted by molar-refractivity contribution is 0.405. The first-order valence-electron chi connectivity index (χ1n) is 10.6. The fourth-order valence-corrected chi connectivity index (χ4v) is 4.94. The monoisotopic (exact) mass is 402 g/mol. The number of anilines is 1. The molecule has 0 bridgehead atoms. The first kappa shape index (κ1) is 18.9. The molecule has 4 heterocycles. The summed E-state index contributed by atoms with van der Waals surface area (Å²) in [4.78, 5) is 16.1. The highest BCUT2D eigenvalue weighted by molar-refractivity contribution is 5.58. The molecule has 3 aromatic rings. The molecule has 30 heavy (non-hydrogen) atoms. The molecule has 2 fully saturated rings. The van der Waals surface area contributed by atoms with Crippen LogP contribution >= 0.6 is 0 Å². The molecule has 1 aliphatic heterocycles. The summed E-state index contributed by atoms with van der Waals surface area (Å²) in [7, 11) is 1.74. The van der Waals surface area contributed by atoms with Crippen LogP contribution in [-0.2, 0) is 13.5 Å². The average Bonchev–Trinajstić information content (AvgIpc) is 3.33. The fraction of sp³-hybridized carbons (Fsp3) is 0.391. The third-order valence-electron chi connectivity index (χ3n) is 6.46. The molecule has 0 aromatic carbocycles. The molecule has 1 saturated heterocycles. The van der Waals surface area contributed by atoms with Gasteiger partial charge in [-0.1, -0.05) is 6.07 Å². The van der Waals surface area contributed by atoms with Gasteiger partial charge in [0.1, 0.15) is 5.82 Å². The van der Waals surface area contributed by atoms with Crippen molar-refractivity contribution in [1.29, 1.82) is 0 Å². The van der Waals surface area contributed by atoms with Gasteiger partial charge >= 0.3 is 0 Å². The van der Waals surface area contributed by atoms with Crippen LogP contribution in [0.15, 0.2) is 59.7 Å². The molecule has 1 saturated carbocycles. The third kappa shape index (κ3) is 3.85. The Bertz CT molecular complexity index is 1070. The summed E-state index contributed by atoms with van der Waals surface area (Å²) in [6.07, 6.45) is 6.94. The Kier molecular flexibility index (Phi) is 5.04. The van der Waals surface area contributed by atoms with Crippen LogP contribution in [0.4, 0.5) is 5.82 Å². The minimum atomic E-state index is -0.0346. The maximum Gasteiger partial charge on any atom is 0.250 e. The van der Waals surface area contributed by atoms with Crippen molar-refractivity contribution in [2.75, 3.05) is 11.9 Å². The zero-order chi connectivity index (χ0) is 20.5. The van der Waals surface area contributed by atoms with Gasteiger partial charge in [0.25, 0.3) is 0 Å². The van der Waals surface area contributed by atoms with Crippen LogP contribution in [-0.4, -0.2) is 38.4 Å². The van der Waals surface area contributed by atoms with Gasteiger partial charge in [0.2, 0.25) is 5.56 Å². The highest BCUT2D eigenvalue weighted by Crippen LogP contribution is 2.40. The summed E-state index contributed by atoms with van der Waals surface area (Å²) in [5.41, 5.74) is 2.77. The number of hydrogen-bond acceptors (Lipinski definition) is 6. The number of pyridine rings is 2. The Morgan fingerprint density at radius 2 is 2.07 bits per heavy atom. The first-order chi connectivity index (χ1) is 14.7. The normalized spacial score (nSPS) is 25.2. The summed E-state index contributed by atoms with van der Waals surface area (Å²) in [5.74, 6) is 2.18. The molecule has 2 N–H and O–H groups in total. The Morgan fingerprint density at radius 3 is 2.83 bits per heavy atom. The van der Waals surface area contributed by atoms with Crippen LogP contribution < -0.4 is 16.2 Å². The quantitative estimate of drug-likeness (QED) is 0.681. The van der Waals surface area contributed by atoms with Gasteiger partial charge in [0, 0.05) is 55.3 Å². The zero-order valence-electron chi connectivity index (χ0n) is 17.0. The average molecular weight is 403 g/mol. The molecular weight excluding hydrogens is 376 g/mol. The van der Waals surface area contributed by atoms with Crippen molar-refractivity contribution in [3.05, 3.63) is 70.9 Å². The molecule has 2 aliphatic rings. The van der Waals surface area contributed by atoms with E-state index in [4.69, 9.17) is 0 Å². The summed E-state index contributed by atoms with van der Waals surface area (Å²) in [6, 6.07) is 14.3. The molecular formula is C23H26N6O. The van der Waals surface area contributed by atoms with Gasteiger partial charge in [0.05, 0.1) is 5.69 Å². The summed E-state index contributed by atoms with van der Waals surface area (Å²) >= 11 is 0. The minimum Gasteiger partial charge on any atom is -0.366 e. The van der Waals surface area contributed by atoms with Crippen molar-refractivity contribution in [3.63, 3.8) is 0 Å². The van der Waals surface area contributed by atoms with Crippen LogP contribution in [0.2, 0.25) is 0 Å². The van der Waals surface area contributed by atoms with Crippen LogP contribution in [0.5, 0.6) is 0 Å². The molecule has 4 atom stereocenters. The van der Waals surface area contributed by atoms with E-state index >= 15 is 0 Å². The lowest BCUT2D eigenvalue weighted by Crippen LogP contribution is -2.31. The lowest BCUT2D eigenvalue weighted by Gasteiger charge is -2.19. The number of fused-ring (bicyclic) bond motifs is 1. The second-order valence-electron chi connectivity index (χ2n) is 8.45. The SMILES string of the molecule is Cn1cc(-c2ccc(N[C@H]3C[C@@H]4CN[C@@H](Cc5ccccn5)[C@H]4C3)nn2)ccc1=O. The van der Waals surface area contributed by atoms with Gasteiger partial charge in [-0.25, -0.2) is 0 Å². The van der Waals surface area contributed by atoms with Gasteiger partial charge in [-0.2, -0.15) is 0 Å². The Labute approximate surface area is 175 Å². The molecule has 1 aliphatic carbocycles. The molecule has 0 unspecified atom stereocenters. The molecule has 7 heteroatoms. The van der Waals surface area contributed by atoms with E-state index in [2.05, 4.69) is 37.9 Å². The van der Waals surface area contributed by atoms with E-state index in [1.165, 1.54) is 0 Å². The van der Waals surface area contributed by atoms with E-state index < -0.39 is 0 Å². The van der Waals surface area contributed by atoms with Crippen molar-refractivity contribution >= 4 is 5.82 Å². The molecule has 0 amide bonds. The van der Waals surface area contributed by atoms with Crippen molar-refractivity contribution in [1.82, 2.24) is 25.1 Å². The van der Waals surface area contributed by atoms with Crippen LogP contribution in [0.25, 0.3) is 11.3 Å². The topological polar surface area (TPSA) is 84.7 Å². The van der Waals surface area contributed by atoms with Gasteiger partial charge in [0.15, 0.2) is 0 Å². The van der Waals surface area contributed by atoms with Crippen molar-refractivity contribution in [2.24, 2.45) is 18.9 Å². The Balaban J connectivity index is 1.22. The summed E-state index contributed by atoms with van der Waals surface area (Å²) in [5, 5.41) is 16.0. The third-order valence-corrected chi connectivity index (χ3v) is 6.46. The van der Waals surface area contributed by atoms with Crippen LogP contribution in [0, 0.1) is 11.8 Å². The number of rotatable bonds is 5. The predicted molar refractivity (Wildman–Crippen MR) is 116 cm³/mol. The Hall–Kier alpha value is -3.06. The van der Waals surface area contributed by atoms with E-state index in [-0.39, 0.29) is 5.56 Å². The molecule has 0 radical (unpaired) electrons. The maximum atomic E-state index is 11.6. The van der Waals surface area contributed by atoms with E-state index in [1.807, 2.05) is 24.4 Å². The second-order valence-corrected chi connectivity index (χ2v) is 8.45. The van der Waals surface area contributed by atoms with Crippen LogP contribution in [0.3, 0.4) is 0 Å². The number of aryl methyl sites for hydroxylation is 1. The first-order valence-corrected chi connectivity index (χ1v) is 10.6. The second kappa shape index (κ2) is 7.99. The van der Waals surface area contributed by atoms with Gasteiger partial charge < -0.3 is 15.2 Å². The summed E-state index contributed by atoms with van der Waals surface area (Å²) in [6.45, 7) is 1.08. The molecule has 154 valence electrons. The predicted octanol–water partition coefficient (Wildman–Crippen LogP) is 2.26. The molecule has 5 rings (SSSR count). The smallest absolute Gasteiger partial charge is 0.250 e. The molecule has 7 nitrogen and oxygen atoms in total. The van der Waals surface area contributed by atoms with E-state index in [9.17, 15) is 4.79 Å². The van der Waals surface area contributed by atoms with E-state index in [1.54, 1.807) is 29.9 Å². The molecule has 3 aromatic heterocycles. The lowest BCUT2D eigenvalue weighted by atomic mass is 9.91. The van der Waals surface area contributed by atoms with Crippen molar-refractivity contribution in [2.45, 2.75) is 31.3 Å². The number of nitrogens with one attached hydrogen (secondary N) is 2. The highest BCUT2D eigenvalue weighted by Gasteiger charge is 2.43. The number of hydrogen-bond donors (Lipinski definition) is 2. The van der Waals surface area contributed by atoms with Crippen molar-refractivity contribution < 1.29 is 0 Å². The van der Waals surface area contributed by atoms with Gasteiger partial charge in [-0.15, -0.1) is 10.2 Å². The van der Waals surface area contributed by atoms with E-state index in [0.29, 0.717) is 23.9 Å². The Morgan fingerprint density at radius 1 is 1.13 bits per heavy atom. The molecule has 0 spiro atoms. The van der Waals surface area contributed by atoms with Gasteiger partial charge in [-0.3, -0.25) is 9.78 Å². The van der Waals surface area contributed by atoms with Crippen molar-refractivity contribution in [3.8, 4) is 11.3 Å². The van der Waals surface area contributed by atoms with Crippen LogP contribution in [0.1, 0.15) is 18.5 Å². The number of aromatic nitrogens is 4. The minimum absolute atomic E-state index is 0.0346. The zero-order valence-corrected chi connectivity index (χ0v) is 17.0. The highest BCUT2D eigenvalue weighted by atomic mass is 16.1. The standard InChI is InChI=1S/C23H26N6O/c1-29-14-15(5-8-23(29)30)20-6-7-22(28-27-20)26-18-10-16-13-25-21(19(16)11-18)12-17-4-2-3-9-24-17/h2-9,14,16,18-19,21,25H,10-13H2,1H3,(H,26,28)/t16-,18+,19+,21+/m1/s1.